The third-order valence-corrected chi connectivity index (χ3v) is 2.58. The Bertz CT molecular complexity index is 357. The molecule has 1 aromatic carbocycles. The number of fused-ring (bicyclic) bond motifs is 1. The van der Waals surface area contributed by atoms with Gasteiger partial charge < -0.3 is 5.32 Å². The molecule has 1 N–H and O–H groups in total. The van der Waals surface area contributed by atoms with E-state index in [2.05, 4.69) is 11.4 Å². The van der Waals surface area contributed by atoms with E-state index in [0.29, 0.717) is 0 Å². The Morgan fingerprint density at radius 1 is 1.50 bits per heavy atom. The largest absolute Gasteiger partial charge is 0.306 e. The number of halogens is 1. The van der Waals surface area contributed by atoms with Gasteiger partial charge in [-0.05, 0) is 36.6 Å². The minimum Gasteiger partial charge on any atom is -0.306 e. The van der Waals surface area contributed by atoms with Crippen molar-refractivity contribution in [3.8, 4) is 0 Å². The molecule has 1 atom stereocenters. The number of allylic oxidation sites excluding steroid dienone is 1. The predicted octanol–water partition coefficient (Wildman–Crippen LogP) is 2.59. The van der Waals surface area contributed by atoms with Gasteiger partial charge in [0.25, 0.3) is 0 Å². The first-order valence-corrected chi connectivity index (χ1v) is 4.96. The van der Waals surface area contributed by atoms with Gasteiger partial charge >= 0.3 is 0 Å². The Kier molecular flexibility index (Phi) is 2.64. The Hall–Kier alpha value is -1.15. The predicted molar refractivity (Wildman–Crippen MR) is 55.7 cm³/mol. The minimum atomic E-state index is -0.134. The summed E-state index contributed by atoms with van der Waals surface area (Å²) in [5.41, 5.74) is 2.34. The average Bonchev–Trinajstić information content (AvgIpc) is 2.18. The maximum absolute atomic E-state index is 13.0. The van der Waals surface area contributed by atoms with E-state index in [0.717, 1.165) is 18.5 Å². The van der Waals surface area contributed by atoms with Crippen LogP contribution in [0.15, 0.2) is 30.4 Å². The van der Waals surface area contributed by atoms with Gasteiger partial charge in [0, 0.05) is 6.54 Å². The van der Waals surface area contributed by atoms with Gasteiger partial charge in [0.2, 0.25) is 0 Å². The van der Waals surface area contributed by atoms with Crippen molar-refractivity contribution in [3.05, 3.63) is 47.3 Å². The van der Waals surface area contributed by atoms with Crippen LogP contribution in [0.2, 0.25) is 0 Å². The summed E-state index contributed by atoms with van der Waals surface area (Å²) in [6.07, 6.45) is 5.05. The molecule has 74 valence electrons. The van der Waals surface area contributed by atoms with E-state index in [9.17, 15) is 4.39 Å². The quantitative estimate of drug-likeness (QED) is 0.673. The molecule has 0 bridgehead atoms. The molecule has 0 amide bonds. The first kappa shape index (κ1) is 9.41. The lowest BCUT2D eigenvalue weighted by molar-refractivity contribution is 0.569. The minimum absolute atomic E-state index is 0.134. The second kappa shape index (κ2) is 3.93. The fourth-order valence-electron chi connectivity index (χ4n) is 1.93. The van der Waals surface area contributed by atoms with Crippen molar-refractivity contribution in [2.45, 2.75) is 19.4 Å². The molecule has 0 aliphatic carbocycles. The van der Waals surface area contributed by atoms with Gasteiger partial charge in [0.15, 0.2) is 0 Å². The molecular formula is C12H14FN. The van der Waals surface area contributed by atoms with Crippen LogP contribution in [0.25, 0.3) is 0 Å². The van der Waals surface area contributed by atoms with E-state index in [1.165, 1.54) is 11.6 Å². The molecule has 0 saturated carbocycles. The van der Waals surface area contributed by atoms with E-state index in [1.807, 2.05) is 19.1 Å². The lowest BCUT2D eigenvalue weighted by atomic mass is 9.94. The lowest BCUT2D eigenvalue weighted by Gasteiger charge is -2.24. The van der Waals surface area contributed by atoms with Crippen LogP contribution in [0, 0.1) is 5.82 Å². The van der Waals surface area contributed by atoms with E-state index in [4.69, 9.17) is 0 Å². The molecule has 1 aliphatic rings. The van der Waals surface area contributed by atoms with E-state index in [1.54, 1.807) is 6.07 Å². The van der Waals surface area contributed by atoms with Crippen LogP contribution in [0.5, 0.6) is 0 Å². The van der Waals surface area contributed by atoms with Crippen LogP contribution in [0.4, 0.5) is 4.39 Å². The molecule has 0 spiro atoms. The van der Waals surface area contributed by atoms with Gasteiger partial charge in [-0.1, -0.05) is 18.2 Å². The van der Waals surface area contributed by atoms with Crippen LogP contribution in [-0.4, -0.2) is 6.54 Å². The SMILES string of the molecule is C/C=C/C1NCCc2cc(F)ccc21. The second-order valence-corrected chi connectivity index (χ2v) is 3.55. The Labute approximate surface area is 83.6 Å². The summed E-state index contributed by atoms with van der Waals surface area (Å²) in [6.45, 7) is 2.92. The standard InChI is InChI=1S/C12H14FN/c1-2-3-12-11-5-4-10(13)8-9(11)6-7-14-12/h2-5,8,12,14H,6-7H2,1H3/b3-2+. The summed E-state index contributed by atoms with van der Waals surface area (Å²) < 4.78 is 13.0. The lowest BCUT2D eigenvalue weighted by Crippen LogP contribution is -2.28. The summed E-state index contributed by atoms with van der Waals surface area (Å²) in [6, 6.07) is 5.31. The smallest absolute Gasteiger partial charge is 0.123 e. The van der Waals surface area contributed by atoms with Crippen LogP contribution in [-0.2, 0) is 6.42 Å². The zero-order chi connectivity index (χ0) is 9.97. The van der Waals surface area contributed by atoms with Gasteiger partial charge in [-0.3, -0.25) is 0 Å². The van der Waals surface area contributed by atoms with Crippen LogP contribution < -0.4 is 5.32 Å². The highest BCUT2D eigenvalue weighted by molar-refractivity contribution is 5.35. The molecular weight excluding hydrogens is 177 g/mol. The maximum Gasteiger partial charge on any atom is 0.123 e. The number of benzene rings is 1. The molecule has 0 fully saturated rings. The average molecular weight is 191 g/mol. The molecule has 2 heteroatoms. The number of hydrogen-bond acceptors (Lipinski definition) is 1. The highest BCUT2D eigenvalue weighted by Gasteiger charge is 2.16. The Morgan fingerprint density at radius 2 is 2.36 bits per heavy atom. The molecule has 0 aromatic heterocycles. The zero-order valence-corrected chi connectivity index (χ0v) is 8.26. The fourth-order valence-corrected chi connectivity index (χ4v) is 1.93. The number of rotatable bonds is 1. The van der Waals surface area contributed by atoms with Crippen LogP contribution >= 0.6 is 0 Å². The third-order valence-electron chi connectivity index (χ3n) is 2.58. The van der Waals surface area contributed by atoms with Gasteiger partial charge in [-0.2, -0.15) is 0 Å². The van der Waals surface area contributed by atoms with E-state index >= 15 is 0 Å². The molecule has 0 radical (unpaired) electrons. The fraction of sp³-hybridized carbons (Fsp3) is 0.333. The third kappa shape index (κ3) is 1.70. The molecule has 2 rings (SSSR count). The Morgan fingerprint density at radius 3 is 3.14 bits per heavy atom. The summed E-state index contributed by atoms with van der Waals surface area (Å²) in [4.78, 5) is 0. The summed E-state index contributed by atoms with van der Waals surface area (Å²) in [5.74, 6) is -0.134. The van der Waals surface area contributed by atoms with Crippen molar-refractivity contribution in [2.75, 3.05) is 6.54 Å². The number of nitrogens with one attached hydrogen (secondary N) is 1. The Balaban J connectivity index is 2.39. The van der Waals surface area contributed by atoms with Crippen molar-refractivity contribution < 1.29 is 4.39 Å². The van der Waals surface area contributed by atoms with E-state index < -0.39 is 0 Å². The summed E-state index contributed by atoms with van der Waals surface area (Å²) in [7, 11) is 0. The van der Waals surface area contributed by atoms with Crippen LogP contribution in [0.3, 0.4) is 0 Å². The highest BCUT2D eigenvalue weighted by atomic mass is 19.1. The first-order valence-electron chi connectivity index (χ1n) is 4.96. The topological polar surface area (TPSA) is 12.0 Å². The van der Waals surface area contributed by atoms with E-state index in [-0.39, 0.29) is 11.9 Å². The van der Waals surface area contributed by atoms with Gasteiger partial charge in [-0.25, -0.2) is 4.39 Å². The summed E-state index contributed by atoms with van der Waals surface area (Å²) in [5, 5.41) is 3.39. The molecule has 1 unspecified atom stereocenters. The van der Waals surface area contributed by atoms with Crippen molar-refractivity contribution in [3.63, 3.8) is 0 Å². The molecule has 1 nitrogen and oxygen atoms in total. The van der Waals surface area contributed by atoms with Crippen molar-refractivity contribution in [1.82, 2.24) is 5.32 Å². The van der Waals surface area contributed by atoms with Crippen molar-refractivity contribution in [1.29, 1.82) is 0 Å². The second-order valence-electron chi connectivity index (χ2n) is 3.55. The first-order chi connectivity index (χ1) is 6.81. The number of hydrogen-bond donors (Lipinski definition) is 1. The van der Waals surface area contributed by atoms with Crippen molar-refractivity contribution in [2.24, 2.45) is 0 Å². The van der Waals surface area contributed by atoms with Gasteiger partial charge in [0.05, 0.1) is 6.04 Å². The van der Waals surface area contributed by atoms with Gasteiger partial charge in [0.1, 0.15) is 5.82 Å². The molecule has 1 aromatic rings. The monoisotopic (exact) mass is 191 g/mol. The van der Waals surface area contributed by atoms with Gasteiger partial charge in [-0.15, -0.1) is 0 Å². The molecule has 1 aliphatic heterocycles. The zero-order valence-electron chi connectivity index (χ0n) is 8.26. The molecule has 0 saturated heterocycles. The highest BCUT2D eigenvalue weighted by Crippen LogP contribution is 2.24. The maximum atomic E-state index is 13.0. The van der Waals surface area contributed by atoms with Crippen molar-refractivity contribution >= 4 is 0 Å². The molecule has 14 heavy (non-hydrogen) atoms. The normalized spacial score (nSPS) is 21.1. The summed E-state index contributed by atoms with van der Waals surface area (Å²) >= 11 is 0. The molecule has 1 heterocycles. The van der Waals surface area contributed by atoms with Crippen LogP contribution in [0.1, 0.15) is 24.1 Å².